The van der Waals surface area contributed by atoms with Gasteiger partial charge in [-0.2, -0.15) is 0 Å². The van der Waals surface area contributed by atoms with Crippen LogP contribution in [0.2, 0.25) is 0 Å². The number of hydrogen-bond donors (Lipinski definition) is 0. The van der Waals surface area contributed by atoms with Crippen LogP contribution in [-0.2, 0) is 22.4 Å². The molecule has 0 radical (unpaired) electrons. The lowest BCUT2D eigenvalue weighted by atomic mass is 9.89. The Labute approximate surface area is 130 Å². The van der Waals surface area contributed by atoms with Gasteiger partial charge >= 0.3 is 5.97 Å². The van der Waals surface area contributed by atoms with E-state index in [1.54, 1.807) is 7.11 Å². The molecule has 0 heterocycles. The van der Waals surface area contributed by atoms with Crippen LogP contribution in [0.5, 0.6) is 5.75 Å². The molecule has 0 aromatic heterocycles. The summed E-state index contributed by atoms with van der Waals surface area (Å²) in [5, 5.41) is 0. The van der Waals surface area contributed by atoms with Crippen molar-refractivity contribution in [1.82, 2.24) is 0 Å². The van der Waals surface area contributed by atoms with Crippen LogP contribution >= 0.6 is 0 Å². The van der Waals surface area contributed by atoms with Crippen LogP contribution in [0.25, 0.3) is 0 Å². The number of ether oxygens (including phenoxy) is 2. The van der Waals surface area contributed by atoms with Crippen LogP contribution in [0, 0.1) is 0 Å². The van der Waals surface area contributed by atoms with Gasteiger partial charge < -0.3 is 9.47 Å². The average molecular weight is 296 g/mol. The zero-order chi connectivity index (χ0) is 15.4. The van der Waals surface area contributed by atoms with Crippen LogP contribution in [0.1, 0.15) is 35.6 Å². The summed E-state index contributed by atoms with van der Waals surface area (Å²) in [7, 11) is 1.63. The number of aryl methyl sites for hydroxylation is 1. The molecular weight excluding hydrogens is 276 g/mol. The largest absolute Gasteiger partial charge is 0.497 e. The average Bonchev–Trinajstić information content (AvgIpc) is 2.56. The van der Waals surface area contributed by atoms with Crippen molar-refractivity contribution in [3.05, 3.63) is 65.2 Å². The highest BCUT2D eigenvalue weighted by molar-refractivity contribution is 5.73. The third kappa shape index (κ3) is 3.30. The van der Waals surface area contributed by atoms with Gasteiger partial charge in [-0.3, -0.25) is 4.79 Å². The maximum Gasteiger partial charge on any atom is 0.310 e. The van der Waals surface area contributed by atoms with Gasteiger partial charge in [-0.05, 0) is 48.1 Å². The minimum atomic E-state index is -0.174. The molecular formula is C19H20O3. The summed E-state index contributed by atoms with van der Waals surface area (Å²) in [6.45, 7) is 0. The molecule has 0 saturated carbocycles. The lowest BCUT2D eigenvalue weighted by molar-refractivity contribution is -0.149. The number of carbonyl (C=O) groups excluding carboxylic acids is 1. The zero-order valence-electron chi connectivity index (χ0n) is 12.7. The van der Waals surface area contributed by atoms with E-state index in [0.717, 1.165) is 36.1 Å². The molecule has 0 bridgehead atoms. The van der Waals surface area contributed by atoms with Crippen LogP contribution in [0.3, 0.4) is 0 Å². The summed E-state index contributed by atoms with van der Waals surface area (Å²) in [5.41, 5.74) is 3.41. The van der Waals surface area contributed by atoms with Crippen molar-refractivity contribution in [2.45, 2.75) is 31.8 Å². The van der Waals surface area contributed by atoms with Gasteiger partial charge in [-0.15, -0.1) is 0 Å². The van der Waals surface area contributed by atoms with E-state index in [-0.39, 0.29) is 12.1 Å². The van der Waals surface area contributed by atoms with Crippen LogP contribution in [0.4, 0.5) is 0 Å². The predicted molar refractivity (Wildman–Crippen MR) is 84.9 cm³/mol. The van der Waals surface area contributed by atoms with Crippen LogP contribution < -0.4 is 4.74 Å². The molecule has 114 valence electrons. The van der Waals surface area contributed by atoms with Crippen LogP contribution in [0.15, 0.2) is 48.5 Å². The molecule has 1 unspecified atom stereocenters. The molecule has 3 nitrogen and oxygen atoms in total. The first-order valence-corrected chi connectivity index (χ1v) is 7.66. The SMILES string of the molecule is COc1ccc(CC(=O)OC2CCCc3ccccc32)cc1. The maximum atomic E-state index is 12.2. The molecule has 2 aromatic carbocycles. The van der Waals surface area contributed by atoms with E-state index < -0.39 is 0 Å². The highest BCUT2D eigenvalue weighted by Gasteiger charge is 2.23. The smallest absolute Gasteiger partial charge is 0.310 e. The van der Waals surface area contributed by atoms with Gasteiger partial charge in [0.1, 0.15) is 11.9 Å². The van der Waals surface area contributed by atoms with E-state index in [4.69, 9.17) is 9.47 Å². The van der Waals surface area contributed by atoms with Crippen molar-refractivity contribution < 1.29 is 14.3 Å². The molecule has 3 rings (SSSR count). The topological polar surface area (TPSA) is 35.5 Å². The number of fused-ring (bicyclic) bond motifs is 1. The first-order valence-electron chi connectivity index (χ1n) is 7.66. The van der Waals surface area contributed by atoms with E-state index >= 15 is 0 Å². The van der Waals surface area contributed by atoms with Crippen molar-refractivity contribution in [3.8, 4) is 5.75 Å². The Morgan fingerprint density at radius 1 is 1.14 bits per heavy atom. The number of rotatable bonds is 4. The van der Waals surface area contributed by atoms with Gasteiger partial charge in [0.25, 0.3) is 0 Å². The molecule has 0 spiro atoms. The first kappa shape index (κ1) is 14.6. The van der Waals surface area contributed by atoms with E-state index in [1.807, 2.05) is 36.4 Å². The third-order valence-corrected chi connectivity index (χ3v) is 4.10. The van der Waals surface area contributed by atoms with Gasteiger partial charge in [-0.1, -0.05) is 36.4 Å². The molecule has 0 N–H and O–H groups in total. The molecule has 1 atom stereocenters. The normalized spacial score (nSPS) is 16.7. The standard InChI is InChI=1S/C19H20O3/c1-21-16-11-9-14(10-12-16)13-19(20)22-18-8-4-6-15-5-2-3-7-17(15)18/h2-3,5,7,9-12,18H,4,6,8,13H2,1H3. The number of esters is 1. The van der Waals surface area contributed by atoms with Gasteiger partial charge in [-0.25, -0.2) is 0 Å². The molecule has 0 aliphatic heterocycles. The van der Waals surface area contributed by atoms with Crippen molar-refractivity contribution in [3.63, 3.8) is 0 Å². The lowest BCUT2D eigenvalue weighted by Gasteiger charge is -2.25. The summed E-state index contributed by atoms with van der Waals surface area (Å²) in [6.07, 6.45) is 3.24. The Kier molecular flexibility index (Phi) is 4.42. The Morgan fingerprint density at radius 2 is 1.91 bits per heavy atom. The Morgan fingerprint density at radius 3 is 2.68 bits per heavy atom. The zero-order valence-corrected chi connectivity index (χ0v) is 12.7. The minimum Gasteiger partial charge on any atom is -0.497 e. The summed E-state index contributed by atoms with van der Waals surface area (Å²) < 4.78 is 10.8. The van der Waals surface area contributed by atoms with E-state index in [9.17, 15) is 4.79 Å². The van der Waals surface area contributed by atoms with E-state index in [2.05, 4.69) is 12.1 Å². The van der Waals surface area contributed by atoms with Crippen molar-refractivity contribution in [2.24, 2.45) is 0 Å². The number of carbonyl (C=O) groups is 1. The minimum absolute atomic E-state index is 0.101. The second-order valence-electron chi connectivity index (χ2n) is 5.59. The molecule has 1 aliphatic rings. The molecule has 0 fully saturated rings. The fourth-order valence-electron chi connectivity index (χ4n) is 2.94. The monoisotopic (exact) mass is 296 g/mol. The lowest BCUT2D eigenvalue weighted by Crippen LogP contribution is -2.18. The van der Waals surface area contributed by atoms with Gasteiger partial charge in [0.2, 0.25) is 0 Å². The maximum absolute atomic E-state index is 12.2. The predicted octanol–water partition coefficient (Wildman–Crippen LogP) is 3.86. The molecule has 1 aliphatic carbocycles. The fraction of sp³-hybridized carbons (Fsp3) is 0.316. The molecule has 3 heteroatoms. The number of benzene rings is 2. The summed E-state index contributed by atoms with van der Waals surface area (Å²) >= 11 is 0. The number of hydrogen-bond acceptors (Lipinski definition) is 3. The van der Waals surface area contributed by atoms with Gasteiger partial charge in [0, 0.05) is 0 Å². The van der Waals surface area contributed by atoms with Crippen molar-refractivity contribution in [2.75, 3.05) is 7.11 Å². The van der Waals surface area contributed by atoms with E-state index in [1.165, 1.54) is 5.56 Å². The van der Waals surface area contributed by atoms with Crippen molar-refractivity contribution in [1.29, 1.82) is 0 Å². The highest BCUT2D eigenvalue weighted by atomic mass is 16.5. The summed E-state index contributed by atoms with van der Waals surface area (Å²) in [6, 6.07) is 15.8. The van der Waals surface area contributed by atoms with E-state index in [0.29, 0.717) is 6.42 Å². The second kappa shape index (κ2) is 6.65. The Bertz CT molecular complexity index is 646. The third-order valence-electron chi connectivity index (χ3n) is 4.10. The molecule has 22 heavy (non-hydrogen) atoms. The summed E-state index contributed by atoms with van der Waals surface area (Å²) in [5.74, 6) is 0.616. The summed E-state index contributed by atoms with van der Waals surface area (Å²) in [4.78, 5) is 12.2. The highest BCUT2D eigenvalue weighted by Crippen LogP contribution is 2.32. The Balaban J connectivity index is 1.65. The quantitative estimate of drug-likeness (QED) is 0.804. The van der Waals surface area contributed by atoms with Gasteiger partial charge in [0.05, 0.1) is 13.5 Å². The molecule has 0 amide bonds. The van der Waals surface area contributed by atoms with Crippen LogP contribution in [-0.4, -0.2) is 13.1 Å². The second-order valence-corrected chi connectivity index (χ2v) is 5.59. The van der Waals surface area contributed by atoms with Crippen molar-refractivity contribution >= 4 is 5.97 Å². The molecule has 2 aromatic rings. The fourth-order valence-corrected chi connectivity index (χ4v) is 2.94. The molecule has 0 saturated heterocycles. The number of methoxy groups -OCH3 is 1. The Hall–Kier alpha value is -2.29. The van der Waals surface area contributed by atoms with Gasteiger partial charge in [0.15, 0.2) is 0 Å². The first-order chi connectivity index (χ1) is 10.8.